The van der Waals surface area contributed by atoms with E-state index in [9.17, 15) is 0 Å². The molecule has 0 aliphatic rings. The maximum absolute atomic E-state index is 5.26. The van der Waals surface area contributed by atoms with Crippen molar-refractivity contribution in [1.82, 2.24) is 0 Å². The molecule has 0 aromatic heterocycles. The highest BCUT2D eigenvalue weighted by atomic mass is 16.7. The lowest BCUT2D eigenvalue weighted by Gasteiger charge is -2.06. The third-order valence-corrected chi connectivity index (χ3v) is 1.64. The zero-order valence-electron chi connectivity index (χ0n) is 9.86. The van der Waals surface area contributed by atoms with Crippen LogP contribution in [0.4, 0.5) is 0 Å². The standard InChI is InChI=1S/C10H24N2O4/c11-2-6-13-4-1-5-15-10-16-9-8-14-7-3-12/h1-12H2. The van der Waals surface area contributed by atoms with E-state index in [1.54, 1.807) is 0 Å². The van der Waals surface area contributed by atoms with Gasteiger partial charge in [-0.15, -0.1) is 0 Å². The van der Waals surface area contributed by atoms with E-state index < -0.39 is 0 Å². The maximum atomic E-state index is 5.26. The lowest BCUT2D eigenvalue weighted by molar-refractivity contribution is -0.0722. The predicted molar refractivity (Wildman–Crippen MR) is 61.1 cm³/mol. The highest BCUT2D eigenvalue weighted by Gasteiger charge is 1.91. The third-order valence-electron chi connectivity index (χ3n) is 1.64. The molecule has 0 bridgehead atoms. The minimum atomic E-state index is 0.295. The Kier molecular flexibility index (Phi) is 14.5. The number of hydrogen-bond donors (Lipinski definition) is 2. The summed E-state index contributed by atoms with van der Waals surface area (Å²) in [5.41, 5.74) is 10.5. The molecule has 0 amide bonds. The molecule has 0 aromatic rings. The smallest absolute Gasteiger partial charge is 0.146 e. The van der Waals surface area contributed by atoms with Gasteiger partial charge in [-0.1, -0.05) is 0 Å². The largest absolute Gasteiger partial charge is 0.380 e. The minimum absolute atomic E-state index is 0.295. The van der Waals surface area contributed by atoms with E-state index in [1.165, 1.54) is 0 Å². The Morgan fingerprint density at radius 2 is 1.06 bits per heavy atom. The lowest BCUT2D eigenvalue weighted by Crippen LogP contribution is -2.13. The zero-order chi connectivity index (χ0) is 11.9. The van der Waals surface area contributed by atoms with Crippen molar-refractivity contribution < 1.29 is 18.9 Å². The van der Waals surface area contributed by atoms with Gasteiger partial charge in [0.2, 0.25) is 0 Å². The first-order chi connectivity index (χ1) is 7.91. The molecule has 0 fully saturated rings. The Hall–Kier alpha value is -0.240. The van der Waals surface area contributed by atoms with Crippen molar-refractivity contribution in [3.05, 3.63) is 0 Å². The normalized spacial score (nSPS) is 10.9. The van der Waals surface area contributed by atoms with E-state index >= 15 is 0 Å². The van der Waals surface area contributed by atoms with Gasteiger partial charge in [-0.25, -0.2) is 0 Å². The van der Waals surface area contributed by atoms with Crippen molar-refractivity contribution in [2.75, 3.05) is 59.5 Å². The molecule has 0 saturated carbocycles. The van der Waals surface area contributed by atoms with Crippen molar-refractivity contribution in [3.8, 4) is 0 Å². The van der Waals surface area contributed by atoms with Gasteiger partial charge >= 0.3 is 0 Å². The van der Waals surface area contributed by atoms with Crippen molar-refractivity contribution in [2.45, 2.75) is 6.42 Å². The molecule has 0 unspecified atom stereocenters. The SMILES string of the molecule is NCCOCCCOCOCCOCCN. The topological polar surface area (TPSA) is 89.0 Å². The Morgan fingerprint density at radius 3 is 1.75 bits per heavy atom. The van der Waals surface area contributed by atoms with Crippen molar-refractivity contribution in [3.63, 3.8) is 0 Å². The van der Waals surface area contributed by atoms with Crippen molar-refractivity contribution in [2.24, 2.45) is 11.5 Å². The Morgan fingerprint density at radius 1 is 0.562 bits per heavy atom. The minimum Gasteiger partial charge on any atom is -0.380 e. The van der Waals surface area contributed by atoms with Gasteiger partial charge in [-0.2, -0.15) is 0 Å². The van der Waals surface area contributed by atoms with Crippen molar-refractivity contribution in [1.29, 1.82) is 0 Å². The van der Waals surface area contributed by atoms with E-state index in [-0.39, 0.29) is 0 Å². The highest BCUT2D eigenvalue weighted by molar-refractivity contribution is 4.35. The van der Waals surface area contributed by atoms with Gasteiger partial charge in [0.15, 0.2) is 0 Å². The van der Waals surface area contributed by atoms with Crippen LogP contribution in [-0.4, -0.2) is 59.5 Å². The van der Waals surface area contributed by atoms with E-state index in [2.05, 4.69) is 0 Å². The van der Waals surface area contributed by atoms with Crippen LogP contribution in [-0.2, 0) is 18.9 Å². The fourth-order valence-corrected chi connectivity index (χ4v) is 0.928. The molecule has 0 aliphatic heterocycles. The quantitative estimate of drug-likeness (QED) is 0.325. The van der Waals surface area contributed by atoms with E-state index in [4.69, 9.17) is 30.4 Å². The molecular weight excluding hydrogens is 212 g/mol. The summed E-state index contributed by atoms with van der Waals surface area (Å²) in [6, 6.07) is 0. The zero-order valence-corrected chi connectivity index (χ0v) is 9.86. The van der Waals surface area contributed by atoms with Crippen LogP contribution in [0.25, 0.3) is 0 Å². The lowest BCUT2D eigenvalue weighted by atomic mass is 10.5. The first kappa shape index (κ1) is 15.8. The van der Waals surface area contributed by atoms with Gasteiger partial charge in [-0.05, 0) is 6.42 Å². The molecule has 0 heterocycles. The molecular formula is C10H24N2O4. The molecule has 0 saturated heterocycles. The van der Waals surface area contributed by atoms with Gasteiger partial charge in [0.05, 0.1) is 33.0 Å². The van der Waals surface area contributed by atoms with Crippen LogP contribution in [0.15, 0.2) is 0 Å². The number of rotatable bonds is 13. The summed E-state index contributed by atoms with van der Waals surface area (Å²) in [6.07, 6.45) is 0.854. The second-order valence-corrected chi connectivity index (χ2v) is 3.09. The van der Waals surface area contributed by atoms with E-state index in [0.717, 1.165) is 6.42 Å². The van der Waals surface area contributed by atoms with Crippen molar-refractivity contribution >= 4 is 0 Å². The molecule has 98 valence electrons. The van der Waals surface area contributed by atoms with Crippen LogP contribution in [0.5, 0.6) is 0 Å². The summed E-state index contributed by atoms with van der Waals surface area (Å²) in [5.74, 6) is 0. The van der Waals surface area contributed by atoms with Crippen LogP contribution in [0.2, 0.25) is 0 Å². The van der Waals surface area contributed by atoms with Gasteiger partial charge in [-0.3, -0.25) is 0 Å². The second kappa shape index (κ2) is 14.8. The average molecular weight is 236 g/mol. The summed E-state index contributed by atoms with van der Waals surface area (Å²) in [7, 11) is 0. The summed E-state index contributed by atoms with van der Waals surface area (Å²) in [5, 5.41) is 0. The molecule has 0 atom stereocenters. The average Bonchev–Trinajstić information content (AvgIpc) is 2.31. The van der Waals surface area contributed by atoms with Crippen LogP contribution >= 0.6 is 0 Å². The fraction of sp³-hybridized carbons (Fsp3) is 1.00. The molecule has 0 rings (SSSR count). The molecule has 16 heavy (non-hydrogen) atoms. The van der Waals surface area contributed by atoms with Gasteiger partial charge in [0.25, 0.3) is 0 Å². The molecule has 0 spiro atoms. The van der Waals surface area contributed by atoms with Gasteiger partial charge in [0.1, 0.15) is 6.79 Å². The summed E-state index contributed by atoms with van der Waals surface area (Å²) < 4.78 is 20.7. The number of hydrogen-bond acceptors (Lipinski definition) is 6. The first-order valence-corrected chi connectivity index (χ1v) is 5.63. The molecule has 0 aromatic carbocycles. The van der Waals surface area contributed by atoms with Crippen LogP contribution in [0.1, 0.15) is 6.42 Å². The van der Waals surface area contributed by atoms with Crippen LogP contribution < -0.4 is 11.5 Å². The molecule has 6 nitrogen and oxygen atoms in total. The highest BCUT2D eigenvalue weighted by Crippen LogP contribution is 1.86. The number of ether oxygens (including phenoxy) is 4. The Labute approximate surface area is 97.2 Å². The molecule has 0 radical (unpaired) electrons. The fourth-order valence-electron chi connectivity index (χ4n) is 0.928. The Balaban J connectivity index is 2.83. The Bertz CT molecular complexity index is 113. The van der Waals surface area contributed by atoms with Gasteiger partial charge < -0.3 is 30.4 Å². The molecule has 4 N–H and O–H groups in total. The van der Waals surface area contributed by atoms with E-state index in [1.807, 2.05) is 0 Å². The maximum Gasteiger partial charge on any atom is 0.146 e. The summed E-state index contributed by atoms with van der Waals surface area (Å²) in [6.45, 7) is 4.97. The summed E-state index contributed by atoms with van der Waals surface area (Å²) >= 11 is 0. The summed E-state index contributed by atoms with van der Waals surface area (Å²) in [4.78, 5) is 0. The molecule has 6 heteroatoms. The first-order valence-electron chi connectivity index (χ1n) is 5.63. The molecule has 0 aliphatic carbocycles. The van der Waals surface area contributed by atoms with E-state index in [0.29, 0.717) is 59.5 Å². The third kappa shape index (κ3) is 13.8. The van der Waals surface area contributed by atoms with Crippen LogP contribution in [0, 0.1) is 0 Å². The predicted octanol–water partition coefficient (Wildman–Crippen LogP) is -0.682. The van der Waals surface area contributed by atoms with Gasteiger partial charge in [0, 0.05) is 19.7 Å². The second-order valence-electron chi connectivity index (χ2n) is 3.09. The van der Waals surface area contributed by atoms with Crippen LogP contribution in [0.3, 0.4) is 0 Å². The number of nitrogens with two attached hydrogens (primary N) is 2. The monoisotopic (exact) mass is 236 g/mol.